The minimum absolute atomic E-state index is 0.0836. The minimum Gasteiger partial charge on any atom is -0.478 e. The van der Waals surface area contributed by atoms with Crippen molar-refractivity contribution in [2.45, 2.75) is 0 Å². The number of hydrogen-bond acceptors (Lipinski definition) is 4. The third kappa shape index (κ3) is 2.51. The van der Waals surface area contributed by atoms with Crippen molar-refractivity contribution < 1.29 is 14.3 Å². The summed E-state index contributed by atoms with van der Waals surface area (Å²) in [5.74, 6) is -1.86. The summed E-state index contributed by atoms with van der Waals surface area (Å²) in [7, 11) is 0. The first-order valence-corrected chi connectivity index (χ1v) is 6.14. The van der Waals surface area contributed by atoms with E-state index in [0.717, 1.165) is 23.0 Å². The fraction of sp³-hybridized carbons (Fsp3) is 0. The molecule has 0 bridgehead atoms. The molecule has 104 valence electrons. The van der Waals surface area contributed by atoms with Crippen LogP contribution in [0.4, 0.5) is 15.9 Å². The molecule has 5 nitrogen and oxygen atoms in total. The molecule has 0 saturated heterocycles. The van der Waals surface area contributed by atoms with Crippen LogP contribution >= 0.6 is 0 Å². The van der Waals surface area contributed by atoms with E-state index in [4.69, 9.17) is 5.11 Å². The van der Waals surface area contributed by atoms with Crippen LogP contribution in [0.1, 0.15) is 10.4 Å². The predicted octanol–water partition coefficient (Wildman–Crippen LogP) is 3.21. The zero-order chi connectivity index (χ0) is 14.8. The third-order valence-electron chi connectivity index (χ3n) is 3.02. The Morgan fingerprint density at radius 3 is 2.90 bits per heavy atom. The van der Waals surface area contributed by atoms with E-state index in [1.54, 1.807) is 18.5 Å². The average molecular weight is 283 g/mol. The molecule has 0 unspecified atom stereocenters. The van der Waals surface area contributed by atoms with Gasteiger partial charge < -0.3 is 10.4 Å². The summed E-state index contributed by atoms with van der Waals surface area (Å²) < 4.78 is 13.1. The first-order valence-electron chi connectivity index (χ1n) is 6.14. The monoisotopic (exact) mass is 283 g/mol. The molecule has 0 fully saturated rings. The molecule has 0 saturated carbocycles. The maximum Gasteiger partial charge on any atom is 0.339 e. The molecule has 0 radical (unpaired) electrons. The number of fused-ring (bicyclic) bond motifs is 1. The van der Waals surface area contributed by atoms with Crippen molar-refractivity contribution in [1.29, 1.82) is 0 Å². The summed E-state index contributed by atoms with van der Waals surface area (Å²) in [5.41, 5.74) is 0.429. The number of halogens is 1. The Hall–Kier alpha value is -3.02. The van der Waals surface area contributed by atoms with E-state index < -0.39 is 11.8 Å². The van der Waals surface area contributed by atoms with E-state index in [1.165, 1.54) is 0 Å². The number of nitrogens with zero attached hydrogens (tertiary/aromatic N) is 2. The summed E-state index contributed by atoms with van der Waals surface area (Å²) in [6.45, 7) is 0. The van der Waals surface area contributed by atoms with Crippen molar-refractivity contribution in [1.82, 2.24) is 9.97 Å². The van der Waals surface area contributed by atoms with Gasteiger partial charge in [0.1, 0.15) is 17.2 Å². The molecule has 21 heavy (non-hydrogen) atoms. The number of carboxylic acids is 1. The Morgan fingerprint density at radius 2 is 2.10 bits per heavy atom. The van der Waals surface area contributed by atoms with Crippen LogP contribution < -0.4 is 5.32 Å². The number of rotatable bonds is 3. The van der Waals surface area contributed by atoms with Crippen LogP contribution in [0.25, 0.3) is 10.8 Å². The van der Waals surface area contributed by atoms with Crippen molar-refractivity contribution in [3.63, 3.8) is 0 Å². The van der Waals surface area contributed by atoms with E-state index in [1.807, 2.05) is 18.2 Å². The van der Waals surface area contributed by atoms with Gasteiger partial charge in [-0.25, -0.2) is 14.2 Å². The van der Waals surface area contributed by atoms with Gasteiger partial charge in [-0.3, -0.25) is 4.98 Å². The molecular formula is C15H10FN3O2. The highest BCUT2D eigenvalue weighted by molar-refractivity contribution is 5.98. The first-order chi connectivity index (χ1) is 10.1. The van der Waals surface area contributed by atoms with Gasteiger partial charge in [0.2, 0.25) is 0 Å². The topological polar surface area (TPSA) is 75.1 Å². The smallest absolute Gasteiger partial charge is 0.339 e. The SMILES string of the molecule is O=C(O)c1cc(F)cnc1Nc1cccc2ccncc12. The lowest BCUT2D eigenvalue weighted by Crippen LogP contribution is -2.06. The van der Waals surface area contributed by atoms with Crippen molar-refractivity contribution in [3.8, 4) is 0 Å². The van der Waals surface area contributed by atoms with Crippen molar-refractivity contribution in [2.75, 3.05) is 5.32 Å². The maximum absolute atomic E-state index is 13.1. The van der Waals surface area contributed by atoms with Gasteiger partial charge in [-0.15, -0.1) is 0 Å². The third-order valence-corrected chi connectivity index (χ3v) is 3.02. The summed E-state index contributed by atoms with van der Waals surface area (Å²) in [5, 5.41) is 13.8. The second-order valence-electron chi connectivity index (χ2n) is 4.38. The number of carboxylic acid groups (broad SMARTS) is 1. The number of hydrogen-bond donors (Lipinski definition) is 2. The van der Waals surface area contributed by atoms with Gasteiger partial charge in [0.15, 0.2) is 0 Å². The molecule has 3 rings (SSSR count). The standard InChI is InChI=1S/C15H10FN3O2/c16-10-6-11(15(20)21)14(18-7-10)19-13-3-1-2-9-4-5-17-8-12(9)13/h1-8H,(H,18,19)(H,20,21). The fourth-order valence-electron chi connectivity index (χ4n) is 2.05. The summed E-state index contributed by atoms with van der Waals surface area (Å²) in [6, 6.07) is 8.30. The molecule has 2 N–H and O–H groups in total. The van der Waals surface area contributed by atoms with Gasteiger partial charge >= 0.3 is 5.97 Å². The van der Waals surface area contributed by atoms with Crippen LogP contribution in [0, 0.1) is 5.82 Å². The largest absolute Gasteiger partial charge is 0.478 e. The van der Waals surface area contributed by atoms with E-state index in [0.29, 0.717) is 5.69 Å². The van der Waals surface area contributed by atoms with Crippen LogP contribution in [-0.4, -0.2) is 21.0 Å². The summed E-state index contributed by atoms with van der Waals surface area (Å²) >= 11 is 0. The van der Waals surface area contributed by atoms with Crippen LogP contribution in [0.3, 0.4) is 0 Å². The quantitative estimate of drug-likeness (QED) is 0.772. The Morgan fingerprint density at radius 1 is 1.24 bits per heavy atom. The summed E-state index contributed by atoms with van der Waals surface area (Å²) in [6.07, 6.45) is 4.31. The average Bonchev–Trinajstić information content (AvgIpc) is 2.49. The highest BCUT2D eigenvalue weighted by Crippen LogP contribution is 2.26. The van der Waals surface area contributed by atoms with Crippen LogP contribution in [0.15, 0.2) is 48.9 Å². The van der Waals surface area contributed by atoms with E-state index in [-0.39, 0.29) is 11.4 Å². The van der Waals surface area contributed by atoms with E-state index in [2.05, 4.69) is 15.3 Å². The van der Waals surface area contributed by atoms with Gasteiger partial charge in [0.05, 0.1) is 6.20 Å². The van der Waals surface area contributed by atoms with Crippen LogP contribution in [-0.2, 0) is 0 Å². The van der Waals surface area contributed by atoms with Crippen molar-refractivity contribution in [2.24, 2.45) is 0 Å². The van der Waals surface area contributed by atoms with Crippen LogP contribution in [0.5, 0.6) is 0 Å². The van der Waals surface area contributed by atoms with Gasteiger partial charge in [-0.2, -0.15) is 0 Å². The minimum atomic E-state index is -1.25. The molecule has 6 heteroatoms. The number of pyridine rings is 2. The van der Waals surface area contributed by atoms with E-state index in [9.17, 15) is 9.18 Å². The number of aromatic carboxylic acids is 1. The zero-order valence-corrected chi connectivity index (χ0v) is 10.7. The molecule has 0 amide bonds. The zero-order valence-electron chi connectivity index (χ0n) is 10.7. The molecule has 1 aromatic carbocycles. The number of aromatic nitrogens is 2. The van der Waals surface area contributed by atoms with Gasteiger partial charge in [0.25, 0.3) is 0 Å². The summed E-state index contributed by atoms with van der Waals surface area (Å²) in [4.78, 5) is 19.0. The molecule has 0 aliphatic heterocycles. The Balaban J connectivity index is 2.09. The Kier molecular flexibility index (Phi) is 3.19. The molecule has 2 aromatic heterocycles. The highest BCUT2D eigenvalue weighted by atomic mass is 19.1. The number of carbonyl (C=O) groups is 1. The van der Waals surface area contributed by atoms with E-state index >= 15 is 0 Å². The Labute approximate surface area is 119 Å². The number of anilines is 2. The molecule has 0 aliphatic rings. The number of benzene rings is 1. The molecule has 2 heterocycles. The molecule has 0 spiro atoms. The first kappa shape index (κ1) is 13.0. The van der Waals surface area contributed by atoms with Crippen molar-refractivity contribution >= 4 is 28.2 Å². The number of nitrogens with one attached hydrogen (secondary N) is 1. The lowest BCUT2D eigenvalue weighted by atomic mass is 10.1. The molecule has 3 aromatic rings. The van der Waals surface area contributed by atoms with Crippen LogP contribution in [0.2, 0.25) is 0 Å². The lowest BCUT2D eigenvalue weighted by Gasteiger charge is -2.10. The molecule has 0 atom stereocenters. The molecule has 0 aliphatic carbocycles. The van der Waals surface area contributed by atoms with Gasteiger partial charge in [-0.05, 0) is 23.6 Å². The van der Waals surface area contributed by atoms with Gasteiger partial charge in [0, 0.05) is 23.5 Å². The predicted molar refractivity (Wildman–Crippen MR) is 76.2 cm³/mol. The van der Waals surface area contributed by atoms with Crippen molar-refractivity contribution in [3.05, 3.63) is 60.3 Å². The molecular weight excluding hydrogens is 273 g/mol. The Bertz CT molecular complexity index is 831. The fourth-order valence-corrected chi connectivity index (χ4v) is 2.05. The second kappa shape index (κ2) is 5.16. The normalized spacial score (nSPS) is 10.5. The highest BCUT2D eigenvalue weighted by Gasteiger charge is 2.14. The van der Waals surface area contributed by atoms with Gasteiger partial charge in [-0.1, -0.05) is 12.1 Å². The lowest BCUT2D eigenvalue weighted by molar-refractivity contribution is 0.0697. The maximum atomic E-state index is 13.1. The second-order valence-corrected chi connectivity index (χ2v) is 4.38.